The molecule has 0 bridgehead atoms. The standard InChI is InChI=1S/C18H14N4O2/c23-17-14-6-5-12(10-15(14)20-18(24)21-17)9-13-3-1-2-4-16(13)22-8-7-19-11-22/h1-8,10-11H,9H2,(H2,20,21,23,24). The van der Waals surface area contributed by atoms with Crippen LogP contribution in [-0.4, -0.2) is 19.5 Å². The van der Waals surface area contributed by atoms with Gasteiger partial charge in [-0.25, -0.2) is 9.78 Å². The summed E-state index contributed by atoms with van der Waals surface area (Å²) in [7, 11) is 0. The van der Waals surface area contributed by atoms with Crippen LogP contribution in [0.1, 0.15) is 11.1 Å². The van der Waals surface area contributed by atoms with Crippen molar-refractivity contribution in [1.82, 2.24) is 19.5 Å². The van der Waals surface area contributed by atoms with Crippen LogP contribution in [0.5, 0.6) is 0 Å². The lowest BCUT2D eigenvalue weighted by Gasteiger charge is -2.10. The van der Waals surface area contributed by atoms with Gasteiger partial charge in [0.05, 0.1) is 17.2 Å². The van der Waals surface area contributed by atoms with Gasteiger partial charge in [0.2, 0.25) is 0 Å². The molecule has 2 N–H and O–H groups in total. The topological polar surface area (TPSA) is 83.5 Å². The highest BCUT2D eigenvalue weighted by molar-refractivity contribution is 5.78. The van der Waals surface area contributed by atoms with Gasteiger partial charge in [0.1, 0.15) is 0 Å². The van der Waals surface area contributed by atoms with Gasteiger partial charge in [-0.2, -0.15) is 0 Å². The fourth-order valence-electron chi connectivity index (χ4n) is 2.86. The molecule has 0 aliphatic heterocycles. The summed E-state index contributed by atoms with van der Waals surface area (Å²) in [6.45, 7) is 0. The zero-order valence-corrected chi connectivity index (χ0v) is 12.7. The Morgan fingerprint density at radius 2 is 1.92 bits per heavy atom. The van der Waals surface area contributed by atoms with E-state index in [0.29, 0.717) is 17.3 Å². The second kappa shape index (κ2) is 5.66. The number of hydrogen-bond donors (Lipinski definition) is 2. The molecule has 0 spiro atoms. The smallest absolute Gasteiger partial charge is 0.307 e. The van der Waals surface area contributed by atoms with Gasteiger partial charge < -0.3 is 9.55 Å². The third kappa shape index (κ3) is 2.54. The van der Waals surface area contributed by atoms with Crippen LogP contribution in [0.3, 0.4) is 0 Å². The number of nitrogens with one attached hydrogen (secondary N) is 2. The highest BCUT2D eigenvalue weighted by Crippen LogP contribution is 2.19. The Bertz CT molecular complexity index is 1120. The van der Waals surface area contributed by atoms with E-state index in [1.54, 1.807) is 18.6 Å². The van der Waals surface area contributed by atoms with Crippen LogP contribution in [0.25, 0.3) is 16.6 Å². The van der Waals surface area contributed by atoms with E-state index in [1.807, 2.05) is 41.1 Å². The van der Waals surface area contributed by atoms with Crippen molar-refractivity contribution in [3.8, 4) is 5.69 Å². The molecular formula is C18H14N4O2. The van der Waals surface area contributed by atoms with Gasteiger partial charge in [-0.3, -0.25) is 9.78 Å². The predicted molar refractivity (Wildman–Crippen MR) is 91.6 cm³/mol. The minimum Gasteiger partial charge on any atom is -0.307 e. The first kappa shape index (κ1) is 14.2. The monoisotopic (exact) mass is 318 g/mol. The molecule has 4 aromatic rings. The van der Waals surface area contributed by atoms with Crippen LogP contribution in [0.4, 0.5) is 0 Å². The molecule has 0 aliphatic carbocycles. The van der Waals surface area contributed by atoms with Gasteiger partial charge in [0, 0.05) is 18.1 Å². The zero-order chi connectivity index (χ0) is 16.5. The molecule has 0 amide bonds. The average molecular weight is 318 g/mol. The quantitative estimate of drug-likeness (QED) is 0.606. The van der Waals surface area contributed by atoms with Gasteiger partial charge in [0.15, 0.2) is 0 Å². The first-order valence-corrected chi connectivity index (χ1v) is 7.52. The Labute approximate surface area is 136 Å². The number of aromatic nitrogens is 4. The van der Waals surface area contributed by atoms with Crippen LogP contribution < -0.4 is 11.2 Å². The minimum absolute atomic E-state index is 0.376. The van der Waals surface area contributed by atoms with E-state index in [9.17, 15) is 9.59 Å². The number of rotatable bonds is 3. The summed E-state index contributed by atoms with van der Waals surface area (Å²) in [5, 5.41) is 0.473. The van der Waals surface area contributed by atoms with E-state index >= 15 is 0 Å². The van der Waals surface area contributed by atoms with Crippen molar-refractivity contribution in [2.45, 2.75) is 6.42 Å². The first-order valence-electron chi connectivity index (χ1n) is 7.52. The number of para-hydroxylation sites is 1. The lowest BCUT2D eigenvalue weighted by molar-refractivity contribution is 1.02. The Morgan fingerprint density at radius 3 is 2.75 bits per heavy atom. The van der Waals surface area contributed by atoms with Gasteiger partial charge >= 0.3 is 5.69 Å². The number of hydrogen-bond acceptors (Lipinski definition) is 3. The van der Waals surface area contributed by atoms with E-state index in [1.165, 1.54) is 0 Å². The molecule has 0 fully saturated rings. The number of H-pyrrole nitrogens is 2. The summed E-state index contributed by atoms with van der Waals surface area (Å²) in [6.07, 6.45) is 6.08. The molecule has 2 heterocycles. The molecule has 0 aliphatic rings. The van der Waals surface area contributed by atoms with E-state index in [-0.39, 0.29) is 5.56 Å². The fraction of sp³-hybridized carbons (Fsp3) is 0.0556. The number of aromatic amines is 2. The van der Waals surface area contributed by atoms with Crippen LogP contribution in [-0.2, 0) is 6.42 Å². The lowest BCUT2D eigenvalue weighted by atomic mass is 10.0. The van der Waals surface area contributed by atoms with E-state index in [0.717, 1.165) is 16.8 Å². The Morgan fingerprint density at radius 1 is 1.04 bits per heavy atom. The highest BCUT2D eigenvalue weighted by Gasteiger charge is 2.07. The second-order valence-electron chi connectivity index (χ2n) is 5.56. The summed E-state index contributed by atoms with van der Waals surface area (Å²) in [5.41, 5.74) is 2.86. The third-order valence-electron chi connectivity index (χ3n) is 3.97. The Kier molecular flexibility index (Phi) is 3.35. The summed E-state index contributed by atoms with van der Waals surface area (Å²) < 4.78 is 1.96. The maximum Gasteiger partial charge on any atom is 0.326 e. The molecular weight excluding hydrogens is 304 g/mol. The molecule has 2 aromatic heterocycles. The van der Waals surface area contributed by atoms with Crippen LogP contribution in [0.15, 0.2) is 70.8 Å². The first-order chi connectivity index (χ1) is 11.7. The van der Waals surface area contributed by atoms with Crippen LogP contribution >= 0.6 is 0 Å². The van der Waals surface area contributed by atoms with Gasteiger partial charge in [-0.05, 0) is 35.7 Å². The molecule has 118 valence electrons. The second-order valence-corrected chi connectivity index (χ2v) is 5.56. The minimum atomic E-state index is -0.497. The van der Waals surface area contributed by atoms with Crippen LogP contribution in [0, 0.1) is 0 Å². The fourth-order valence-corrected chi connectivity index (χ4v) is 2.86. The van der Waals surface area contributed by atoms with E-state index < -0.39 is 5.69 Å². The number of fused-ring (bicyclic) bond motifs is 1. The summed E-state index contributed by atoms with van der Waals surface area (Å²) in [5.74, 6) is 0. The molecule has 24 heavy (non-hydrogen) atoms. The number of benzene rings is 2. The van der Waals surface area contributed by atoms with Crippen molar-refractivity contribution in [1.29, 1.82) is 0 Å². The molecule has 2 aromatic carbocycles. The Hall–Kier alpha value is -3.41. The van der Waals surface area contributed by atoms with Crippen molar-refractivity contribution in [3.63, 3.8) is 0 Å². The molecule has 0 radical (unpaired) electrons. The van der Waals surface area contributed by atoms with Crippen molar-refractivity contribution < 1.29 is 0 Å². The number of nitrogens with zero attached hydrogens (tertiary/aromatic N) is 2. The predicted octanol–water partition coefficient (Wildman–Crippen LogP) is 1.99. The Balaban J connectivity index is 1.78. The number of imidazole rings is 1. The highest BCUT2D eigenvalue weighted by atomic mass is 16.2. The summed E-state index contributed by atoms with van der Waals surface area (Å²) >= 11 is 0. The van der Waals surface area contributed by atoms with Crippen molar-refractivity contribution >= 4 is 10.9 Å². The van der Waals surface area contributed by atoms with Gasteiger partial charge in [-0.15, -0.1) is 0 Å². The van der Waals surface area contributed by atoms with Crippen molar-refractivity contribution in [2.75, 3.05) is 0 Å². The van der Waals surface area contributed by atoms with Crippen molar-refractivity contribution in [3.05, 3.63) is 93.2 Å². The van der Waals surface area contributed by atoms with E-state index in [4.69, 9.17) is 0 Å². The van der Waals surface area contributed by atoms with Gasteiger partial charge in [0.25, 0.3) is 5.56 Å². The zero-order valence-electron chi connectivity index (χ0n) is 12.7. The maximum atomic E-state index is 11.8. The van der Waals surface area contributed by atoms with Crippen molar-refractivity contribution in [2.24, 2.45) is 0 Å². The average Bonchev–Trinajstić information content (AvgIpc) is 3.09. The summed E-state index contributed by atoms with van der Waals surface area (Å²) in [6, 6.07) is 13.5. The molecule has 4 rings (SSSR count). The normalized spacial score (nSPS) is 11.0. The molecule has 0 atom stereocenters. The van der Waals surface area contributed by atoms with E-state index in [2.05, 4.69) is 21.0 Å². The third-order valence-corrected chi connectivity index (χ3v) is 3.97. The molecule has 6 nitrogen and oxygen atoms in total. The largest absolute Gasteiger partial charge is 0.326 e. The molecule has 6 heteroatoms. The molecule has 0 saturated heterocycles. The molecule has 0 unspecified atom stereocenters. The summed E-state index contributed by atoms with van der Waals surface area (Å²) in [4.78, 5) is 32.3. The molecule has 0 saturated carbocycles. The SMILES string of the molecule is O=c1[nH]c(=O)c2ccc(Cc3ccccc3-n3ccnc3)cc2[nH]1. The maximum absolute atomic E-state index is 11.8. The van der Waals surface area contributed by atoms with Gasteiger partial charge in [-0.1, -0.05) is 24.3 Å². The lowest BCUT2D eigenvalue weighted by Crippen LogP contribution is -2.21. The van der Waals surface area contributed by atoms with Crippen LogP contribution in [0.2, 0.25) is 0 Å².